The van der Waals surface area contributed by atoms with Crippen LogP contribution in [0.1, 0.15) is 6.42 Å². The van der Waals surface area contributed by atoms with Crippen LogP contribution < -0.4 is 5.32 Å². The second kappa shape index (κ2) is 5.78. The summed E-state index contributed by atoms with van der Waals surface area (Å²) in [5.41, 5.74) is 0. The Bertz CT molecular complexity index is 569. The highest BCUT2D eigenvalue weighted by atomic mass is 32.2. The molecule has 0 saturated carbocycles. The van der Waals surface area contributed by atoms with Crippen molar-refractivity contribution in [2.75, 3.05) is 12.8 Å². The molecule has 3 nitrogen and oxygen atoms in total. The van der Waals surface area contributed by atoms with Crippen molar-refractivity contribution in [1.82, 2.24) is 5.32 Å². The summed E-state index contributed by atoms with van der Waals surface area (Å²) >= 11 is 1.63. The van der Waals surface area contributed by atoms with E-state index < -0.39 is 0 Å². The molecule has 0 spiro atoms. The lowest BCUT2D eigenvalue weighted by molar-refractivity contribution is -0.120. The quantitative estimate of drug-likeness (QED) is 0.832. The predicted molar refractivity (Wildman–Crippen MR) is 75.0 cm³/mol. The first-order valence-corrected chi connectivity index (χ1v) is 6.75. The summed E-state index contributed by atoms with van der Waals surface area (Å²) in [6, 6.07) is 11.3. The van der Waals surface area contributed by atoms with E-state index in [0.29, 0.717) is 12.2 Å². The van der Waals surface area contributed by atoms with Crippen LogP contribution in [0, 0.1) is 0 Å². The molecular formula is C14H15NO2S. The standard InChI is InChI=1S/C14H15NO2S/c1-15-14(17)8-9-18-13-7-6-12(16)10-4-2-3-5-11(10)13/h2-7,16H,8-9H2,1H3,(H,15,17). The van der Waals surface area contributed by atoms with E-state index in [4.69, 9.17) is 0 Å². The van der Waals surface area contributed by atoms with Gasteiger partial charge in [-0.3, -0.25) is 4.79 Å². The minimum atomic E-state index is 0.0468. The SMILES string of the molecule is CNC(=O)CCSc1ccc(O)c2ccccc12. The number of rotatable bonds is 4. The molecule has 2 aromatic rings. The third kappa shape index (κ3) is 2.76. The highest BCUT2D eigenvalue weighted by Crippen LogP contribution is 2.33. The minimum absolute atomic E-state index is 0.0468. The van der Waals surface area contributed by atoms with Gasteiger partial charge in [0, 0.05) is 29.5 Å². The number of nitrogens with one attached hydrogen (secondary N) is 1. The number of carbonyl (C=O) groups excluding carboxylic acids is 1. The number of benzene rings is 2. The van der Waals surface area contributed by atoms with Crippen molar-refractivity contribution in [3.8, 4) is 5.75 Å². The Morgan fingerprint density at radius 3 is 2.67 bits per heavy atom. The number of hydrogen-bond donors (Lipinski definition) is 2. The summed E-state index contributed by atoms with van der Waals surface area (Å²) in [6.45, 7) is 0. The van der Waals surface area contributed by atoms with Gasteiger partial charge >= 0.3 is 0 Å². The second-order valence-electron chi connectivity index (χ2n) is 3.90. The fourth-order valence-corrected chi connectivity index (χ4v) is 2.77. The van der Waals surface area contributed by atoms with Crippen LogP contribution in [0.5, 0.6) is 5.75 Å². The molecule has 0 aliphatic rings. The van der Waals surface area contributed by atoms with Crippen LogP contribution in [0.25, 0.3) is 10.8 Å². The van der Waals surface area contributed by atoms with E-state index in [2.05, 4.69) is 5.32 Å². The Hall–Kier alpha value is -1.68. The zero-order valence-electron chi connectivity index (χ0n) is 10.1. The summed E-state index contributed by atoms with van der Waals surface area (Å²) in [6.07, 6.45) is 0.496. The van der Waals surface area contributed by atoms with Crippen molar-refractivity contribution in [2.24, 2.45) is 0 Å². The van der Waals surface area contributed by atoms with Gasteiger partial charge in [0.15, 0.2) is 0 Å². The number of fused-ring (bicyclic) bond motifs is 1. The third-order valence-electron chi connectivity index (χ3n) is 2.73. The van der Waals surface area contributed by atoms with Crippen LogP contribution in [-0.4, -0.2) is 23.8 Å². The molecule has 0 aliphatic heterocycles. The molecule has 2 rings (SSSR count). The molecule has 0 unspecified atom stereocenters. The van der Waals surface area contributed by atoms with Crippen LogP contribution in [0.4, 0.5) is 0 Å². The number of phenolic OH excluding ortho intramolecular Hbond substituents is 1. The normalized spacial score (nSPS) is 10.5. The average molecular weight is 261 g/mol. The van der Waals surface area contributed by atoms with E-state index >= 15 is 0 Å². The van der Waals surface area contributed by atoms with Crippen molar-refractivity contribution < 1.29 is 9.90 Å². The van der Waals surface area contributed by atoms with Gasteiger partial charge in [0.2, 0.25) is 5.91 Å². The van der Waals surface area contributed by atoms with E-state index in [-0.39, 0.29) is 5.91 Å². The summed E-state index contributed by atoms with van der Waals surface area (Å²) in [5, 5.41) is 14.3. The van der Waals surface area contributed by atoms with Crippen LogP contribution in [0.2, 0.25) is 0 Å². The summed E-state index contributed by atoms with van der Waals surface area (Å²) in [4.78, 5) is 12.2. The van der Waals surface area contributed by atoms with Crippen LogP contribution in [-0.2, 0) is 4.79 Å². The van der Waals surface area contributed by atoms with Gasteiger partial charge in [0.25, 0.3) is 0 Å². The number of carbonyl (C=O) groups is 1. The topological polar surface area (TPSA) is 49.3 Å². The molecule has 4 heteroatoms. The molecule has 0 radical (unpaired) electrons. The lowest BCUT2D eigenvalue weighted by atomic mass is 10.1. The second-order valence-corrected chi connectivity index (χ2v) is 5.04. The van der Waals surface area contributed by atoms with Gasteiger partial charge in [0.1, 0.15) is 5.75 Å². The molecule has 0 saturated heterocycles. The monoisotopic (exact) mass is 261 g/mol. The maximum absolute atomic E-state index is 11.2. The molecule has 18 heavy (non-hydrogen) atoms. The molecule has 0 heterocycles. The molecule has 0 bridgehead atoms. The van der Waals surface area contributed by atoms with Gasteiger partial charge in [-0.2, -0.15) is 0 Å². The number of amides is 1. The van der Waals surface area contributed by atoms with E-state index in [1.165, 1.54) is 0 Å². The molecule has 0 aromatic heterocycles. The fraction of sp³-hybridized carbons (Fsp3) is 0.214. The maximum atomic E-state index is 11.2. The van der Waals surface area contributed by atoms with Crippen molar-refractivity contribution in [2.45, 2.75) is 11.3 Å². The van der Waals surface area contributed by atoms with Crippen LogP contribution >= 0.6 is 11.8 Å². The molecular weight excluding hydrogens is 246 g/mol. The minimum Gasteiger partial charge on any atom is -0.507 e. The Kier molecular flexibility index (Phi) is 4.10. The summed E-state index contributed by atoms with van der Waals surface area (Å²) in [5.74, 6) is 1.07. The molecule has 0 fully saturated rings. The highest BCUT2D eigenvalue weighted by Gasteiger charge is 2.06. The molecule has 2 aromatic carbocycles. The first kappa shape index (κ1) is 12.8. The summed E-state index contributed by atoms with van der Waals surface area (Å²) < 4.78 is 0. The van der Waals surface area contributed by atoms with Gasteiger partial charge in [-0.25, -0.2) is 0 Å². The van der Waals surface area contributed by atoms with E-state index in [1.54, 1.807) is 24.9 Å². The number of hydrogen-bond acceptors (Lipinski definition) is 3. The number of thioether (sulfide) groups is 1. The van der Waals surface area contributed by atoms with Crippen molar-refractivity contribution in [3.63, 3.8) is 0 Å². The first-order chi connectivity index (χ1) is 8.72. The lowest BCUT2D eigenvalue weighted by Crippen LogP contribution is -2.17. The van der Waals surface area contributed by atoms with Gasteiger partial charge in [-0.15, -0.1) is 11.8 Å². The predicted octanol–water partition coefficient (Wildman–Crippen LogP) is 2.77. The van der Waals surface area contributed by atoms with Gasteiger partial charge in [0.05, 0.1) is 0 Å². The van der Waals surface area contributed by atoms with Crippen molar-refractivity contribution >= 4 is 28.4 Å². The largest absolute Gasteiger partial charge is 0.507 e. The number of aromatic hydroxyl groups is 1. The van der Waals surface area contributed by atoms with Crippen molar-refractivity contribution in [1.29, 1.82) is 0 Å². The Labute approximate surface area is 110 Å². The van der Waals surface area contributed by atoms with Crippen LogP contribution in [0.3, 0.4) is 0 Å². The first-order valence-electron chi connectivity index (χ1n) is 5.76. The fourth-order valence-electron chi connectivity index (χ4n) is 1.76. The maximum Gasteiger partial charge on any atom is 0.220 e. The number of phenols is 1. The molecule has 0 aliphatic carbocycles. The lowest BCUT2D eigenvalue weighted by Gasteiger charge is -2.07. The van der Waals surface area contributed by atoms with Gasteiger partial charge in [-0.05, 0) is 17.5 Å². The molecule has 94 valence electrons. The smallest absolute Gasteiger partial charge is 0.220 e. The Morgan fingerprint density at radius 2 is 1.94 bits per heavy atom. The highest BCUT2D eigenvalue weighted by molar-refractivity contribution is 7.99. The zero-order valence-corrected chi connectivity index (χ0v) is 11.0. The van der Waals surface area contributed by atoms with Crippen LogP contribution in [0.15, 0.2) is 41.3 Å². The Morgan fingerprint density at radius 1 is 1.22 bits per heavy atom. The van der Waals surface area contributed by atoms with E-state index in [1.807, 2.05) is 30.3 Å². The van der Waals surface area contributed by atoms with E-state index in [0.717, 1.165) is 21.4 Å². The third-order valence-corrected chi connectivity index (χ3v) is 3.80. The van der Waals surface area contributed by atoms with Crippen molar-refractivity contribution in [3.05, 3.63) is 36.4 Å². The zero-order chi connectivity index (χ0) is 13.0. The average Bonchev–Trinajstić information content (AvgIpc) is 2.41. The molecule has 0 atom stereocenters. The molecule has 2 N–H and O–H groups in total. The van der Waals surface area contributed by atoms with Gasteiger partial charge < -0.3 is 10.4 Å². The molecule has 1 amide bonds. The Balaban J connectivity index is 2.18. The van der Waals surface area contributed by atoms with E-state index in [9.17, 15) is 9.90 Å². The summed E-state index contributed by atoms with van der Waals surface area (Å²) in [7, 11) is 1.64. The van der Waals surface area contributed by atoms with Gasteiger partial charge in [-0.1, -0.05) is 24.3 Å².